The van der Waals surface area contributed by atoms with Crippen LogP contribution in [0, 0.1) is 23.5 Å². The summed E-state index contributed by atoms with van der Waals surface area (Å²) in [6, 6.07) is 6.49. The number of aryl methyl sites for hydroxylation is 1. The molecule has 0 spiro atoms. The lowest BCUT2D eigenvalue weighted by Crippen LogP contribution is -2.15. The van der Waals surface area contributed by atoms with Crippen molar-refractivity contribution in [1.82, 2.24) is 10.2 Å². The van der Waals surface area contributed by atoms with Crippen LogP contribution in [0.1, 0.15) is 83.2 Å². The summed E-state index contributed by atoms with van der Waals surface area (Å²) in [5, 5.41) is 8.40. The number of hydrogen-bond donors (Lipinski definition) is 0. The second-order valence-corrected chi connectivity index (χ2v) is 8.98. The minimum atomic E-state index is -0.998. The number of benzene rings is 1. The van der Waals surface area contributed by atoms with Gasteiger partial charge in [-0.1, -0.05) is 71.1 Å². The van der Waals surface area contributed by atoms with Crippen LogP contribution in [-0.4, -0.2) is 17.3 Å². The highest BCUT2D eigenvalue weighted by Gasteiger charge is 2.21. The minimum absolute atomic E-state index is 0.102. The van der Waals surface area contributed by atoms with Crippen LogP contribution < -0.4 is 4.74 Å². The van der Waals surface area contributed by atoms with Crippen molar-refractivity contribution in [2.45, 2.75) is 84.0 Å². The Kier molecular flexibility index (Phi) is 9.23. The normalized spacial score (nSPS) is 18.8. The van der Waals surface area contributed by atoms with Gasteiger partial charge in [-0.15, -0.1) is 0 Å². The van der Waals surface area contributed by atoms with Gasteiger partial charge in [0.15, 0.2) is 11.6 Å². The molecule has 0 N–H and O–H groups in total. The molecule has 1 saturated carbocycles. The summed E-state index contributed by atoms with van der Waals surface area (Å²) in [7, 11) is 1.31. The standard InChI is InChI=1S/C26H36F2N2O/c1-3-4-5-6-7-8-19-9-11-20(12-10-19)13-14-21-15-17-23(30-29-21)22-16-18-24(31-2)26(28)25(22)27/h15-20H,3-14H2,1-2H3. The van der Waals surface area contributed by atoms with E-state index in [2.05, 4.69) is 17.1 Å². The summed E-state index contributed by atoms with van der Waals surface area (Å²) < 4.78 is 33.0. The summed E-state index contributed by atoms with van der Waals surface area (Å²) in [6.07, 6.45) is 15.7. The fourth-order valence-electron chi connectivity index (χ4n) is 4.72. The van der Waals surface area contributed by atoms with E-state index < -0.39 is 11.6 Å². The van der Waals surface area contributed by atoms with Crippen molar-refractivity contribution in [3.05, 3.63) is 41.6 Å². The lowest BCUT2D eigenvalue weighted by molar-refractivity contribution is 0.248. The third-order valence-electron chi connectivity index (χ3n) is 6.75. The van der Waals surface area contributed by atoms with Crippen molar-refractivity contribution in [1.29, 1.82) is 0 Å². The molecule has 0 amide bonds. The van der Waals surface area contributed by atoms with Gasteiger partial charge in [-0.3, -0.25) is 0 Å². The van der Waals surface area contributed by atoms with Gasteiger partial charge in [0.05, 0.1) is 18.5 Å². The maximum Gasteiger partial charge on any atom is 0.201 e. The number of rotatable bonds is 11. The first-order valence-electron chi connectivity index (χ1n) is 12.0. The largest absolute Gasteiger partial charge is 0.494 e. The van der Waals surface area contributed by atoms with E-state index in [0.717, 1.165) is 30.4 Å². The van der Waals surface area contributed by atoms with E-state index in [1.807, 2.05) is 6.07 Å². The molecule has 170 valence electrons. The molecule has 3 rings (SSSR count). The van der Waals surface area contributed by atoms with E-state index in [-0.39, 0.29) is 11.3 Å². The lowest BCUT2D eigenvalue weighted by Gasteiger charge is -2.28. The molecule has 0 saturated heterocycles. The van der Waals surface area contributed by atoms with Crippen molar-refractivity contribution in [3.8, 4) is 17.0 Å². The molecule has 1 fully saturated rings. The summed E-state index contributed by atoms with van der Waals surface area (Å²) >= 11 is 0. The first-order valence-corrected chi connectivity index (χ1v) is 12.0. The van der Waals surface area contributed by atoms with Gasteiger partial charge in [0.25, 0.3) is 0 Å². The van der Waals surface area contributed by atoms with Crippen LogP contribution in [0.2, 0.25) is 0 Å². The molecular weight excluding hydrogens is 394 g/mol. The van der Waals surface area contributed by atoms with Gasteiger partial charge in [-0.25, -0.2) is 4.39 Å². The molecule has 5 heteroatoms. The fraction of sp³-hybridized carbons (Fsp3) is 0.615. The van der Waals surface area contributed by atoms with Crippen molar-refractivity contribution in [2.75, 3.05) is 7.11 Å². The van der Waals surface area contributed by atoms with Crippen molar-refractivity contribution >= 4 is 0 Å². The van der Waals surface area contributed by atoms with Crippen molar-refractivity contribution < 1.29 is 13.5 Å². The number of aromatic nitrogens is 2. The Hall–Kier alpha value is -2.04. The molecule has 31 heavy (non-hydrogen) atoms. The van der Waals surface area contributed by atoms with Gasteiger partial charge in [0, 0.05) is 5.56 Å². The predicted molar refractivity (Wildman–Crippen MR) is 121 cm³/mol. The number of ether oxygens (including phenoxy) is 1. The van der Waals surface area contributed by atoms with Crippen LogP contribution in [0.25, 0.3) is 11.3 Å². The monoisotopic (exact) mass is 430 g/mol. The van der Waals surface area contributed by atoms with Crippen molar-refractivity contribution in [2.24, 2.45) is 11.8 Å². The Morgan fingerprint density at radius 3 is 2.19 bits per heavy atom. The Morgan fingerprint density at radius 1 is 0.839 bits per heavy atom. The summed E-state index contributed by atoms with van der Waals surface area (Å²) in [6.45, 7) is 2.27. The highest BCUT2D eigenvalue weighted by atomic mass is 19.2. The zero-order valence-electron chi connectivity index (χ0n) is 19.0. The molecule has 3 nitrogen and oxygen atoms in total. The Bertz CT molecular complexity index is 802. The molecule has 0 aliphatic heterocycles. The lowest BCUT2D eigenvalue weighted by atomic mass is 9.78. The van der Waals surface area contributed by atoms with Crippen LogP contribution in [0.4, 0.5) is 8.78 Å². The molecule has 1 aliphatic carbocycles. The molecule has 0 bridgehead atoms. The van der Waals surface area contributed by atoms with Gasteiger partial charge >= 0.3 is 0 Å². The van der Waals surface area contributed by atoms with E-state index in [9.17, 15) is 8.78 Å². The molecular formula is C26H36F2N2O. The molecule has 2 aromatic rings. The third-order valence-corrected chi connectivity index (χ3v) is 6.75. The molecule has 1 heterocycles. The average Bonchev–Trinajstić information content (AvgIpc) is 2.80. The molecule has 1 aromatic carbocycles. The third kappa shape index (κ3) is 6.72. The van der Waals surface area contributed by atoms with Crippen molar-refractivity contribution in [3.63, 3.8) is 0 Å². The second kappa shape index (κ2) is 12.1. The summed E-state index contributed by atoms with van der Waals surface area (Å²) in [5.74, 6) is -0.370. The first kappa shape index (κ1) is 23.6. The van der Waals surface area contributed by atoms with Gasteiger partial charge in [-0.2, -0.15) is 14.6 Å². The summed E-state index contributed by atoms with van der Waals surface area (Å²) in [4.78, 5) is 0. The highest BCUT2D eigenvalue weighted by molar-refractivity contribution is 5.61. The van der Waals surface area contributed by atoms with Gasteiger partial charge in [0.1, 0.15) is 0 Å². The van der Waals surface area contributed by atoms with E-state index in [1.54, 1.807) is 6.07 Å². The van der Waals surface area contributed by atoms with E-state index in [1.165, 1.54) is 83.5 Å². The maximum atomic E-state index is 14.3. The van der Waals surface area contributed by atoms with Crippen LogP contribution in [0.15, 0.2) is 24.3 Å². The van der Waals surface area contributed by atoms with Crippen LogP contribution in [0.5, 0.6) is 5.75 Å². The Balaban J connectivity index is 1.43. The molecule has 0 radical (unpaired) electrons. The fourth-order valence-corrected chi connectivity index (χ4v) is 4.72. The highest BCUT2D eigenvalue weighted by Crippen LogP contribution is 2.34. The molecule has 1 aromatic heterocycles. The average molecular weight is 431 g/mol. The van der Waals surface area contributed by atoms with Gasteiger partial charge < -0.3 is 4.74 Å². The van der Waals surface area contributed by atoms with Gasteiger partial charge in [0.2, 0.25) is 5.82 Å². The van der Waals surface area contributed by atoms with Crippen LogP contribution >= 0.6 is 0 Å². The summed E-state index contributed by atoms with van der Waals surface area (Å²) in [5.41, 5.74) is 1.35. The predicted octanol–water partition coefficient (Wildman–Crippen LogP) is 7.53. The SMILES string of the molecule is CCCCCCCC1CCC(CCc2ccc(-c3ccc(OC)c(F)c3F)nn2)CC1. The second-order valence-electron chi connectivity index (χ2n) is 8.98. The number of unbranched alkanes of at least 4 members (excludes halogenated alkanes) is 4. The molecule has 1 aliphatic rings. The maximum absolute atomic E-state index is 14.3. The number of nitrogens with zero attached hydrogens (tertiary/aromatic N) is 2. The number of methoxy groups -OCH3 is 1. The van der Waals surface area contributed by atoms with E-state index >= 15 is 0 Å². The zero-order valence-corrected chi connectivity index (χ0v) is 19.0. The van der Waals surface area contributed by atoms with E-state index in [0.29, 0.717) is 5.69 Å². The Labute approximate surface area is 185 Å². The molecule has 0 atom stereocenters. The quantitative estimate of drug-likeness (QED) is 0.346. The topological polar surface area (TPSA) is 35.0 Å². The number of hydrogen-bond acceptors (Lipinski definition) is 3. The number of halogens is 2. The minimum Gasteiger partial charge on any atom is -0.494 e. The zero-order chi connectivity index (χ0) is 22.1. The van der Waals surface area contributed by atoms with Gasteiger partial charge in [-0.05, 0) is 48.9 Å². The van der Waals surface area contributed by atoms with E-state index in [4.69, 9.17) is 4.74 Å². The van der Waals surface area contributed by atoms with Crippen LogP contribution in [-0.2, 0) is 6.42 Å². The first-order chi connectivity index (χ1) is 15.1. The smallest absolute Gasteiger partial charge is 0.201 e. The molecule has 0 unspecified atom stereocenters. The Morgan fingerprint density at radius 2 is 1.55 bits per heavy atom. The van der Waals surface area contributed by atoms with Crippen LogP contribution in [0.3, 0.4) is 0 Å².